The number of hydrogen-bond donors (Lipinski definition) is 4. The number of Topliss-reactive ketones (excluding diaryl/α,β-unsaturated/α-hetero) is 1. The topological polar surface area (TPSA) is 136 Å². The molecule has 0 aliphatic heterocycles. The molecule has 0 aliphatic carbocycles. The first-order chi connectivity index (χ1) is 15.7. The number of halogens is 1. The molecule has 3 unspecified atom stereocenters. The third-order valence-corrected chi connectivity index (χ3v) is 6.65. The maximum absolute atomic E-state index is 12.2. The number of carbonyl (C=O) groups excluding carboxylic acids is 2. The number of rotatable bonds is 22. The summed E-state index contributed by atoms with van der Waals surface area (Å²) in [7, 11) is 0. The summed E-state index contributed by atoms with van der Waals surface area (Å²) in [5, 5.41) is 19.5. The number of ether oxygens (including phenoxy) is 1. The number of ketones is 1. The van der Waals surface area contributed by atoms with E-state index in [9.17, 15) is 19.8 Å². The SMILES string of the molecule is CCCCCCCCCCCCCCCCCC(=O)C(N)C(=O)OCC(N)(C(C)O)C(C)O.Cl. The fraction of sp³-hybridized carbons (Fsp3) is 0.923. The summed E-state index contributed by atoms with van der Waals surface area (Å²) >= 11 is 0. The van der Waals surface area contributed by atoms with E-state index in [-0.39, 0.29) is 24.6 Å². The van der Waals surface area contributed by atoms with Crippen molar-refractivity contribution in [3.8, 4) is 0 Å². The smallest absolute Gasteiger partial charge is 0.330 e. The zero-order valence-corrected chi connectivity index (χ0v) is 22.8. The van der Waals surface area contributed by atoms with E-state index in [4.69, 9.17) is 16.2 Å². The number of unbranched alkanes of at least 4 members (excludes halogenated alkanes) is 14. The Balaban J connectivity index is 0. The zero-order chi connectivity index (χ0) is 25.1. The first kappa shape index (κ1) is 35.4. The molecule has 0 saturated carbocycles. The lowest BCUT2D eigenvalue weighted by molar-refractivity contribution is -0.152. The summed E-state index contributed by atoms with van der Waals surface area (Å²) in [6, 6.07) is -1.36. The van der Waals surface area contributed by atoms with Gasteiger partial charge in [0.05, 0.1) is 12.2 Å². The van der Waals surface area contributed by atoms with Gasteiger partial charge in [0, 0.05) is 6.42 Å². The van der Waals surface area contributed by atoms with Crippen molar-refractivity contribution in [1.29, 1.82) is 0 Å². The summed E-state index contributed by atoms with van der Waals surface area (Å²) < 4.78 is 5.01. The lowest BCUT2D eigenvalue weighted by Gasteiger charge is -2.34. The average Bonchev–Trinajstić information content (AvgIpc) is 2.78. The molecule has 0 saturated heterocycles. The molecule has 0 aromatic rings. The van der Waals surface area contributed by atoms with Crippen LogP contribution in [0.25, 0.3) is 0 Å². The Kier molecular flexibility index (Phi) is 22.5. The van der Waals surface area contributed by atoms with Crippen molar-refractivity contribution in [3.63, 3.8) is 0 Å². The Morgan fingerprint density at radius 1 is 0.765 bits per heavy atom. The van der Waals surface area contributed by atoms with Gasteiger partial charge in [0.2, 0.25) is 0 Å². The molecule has 0 amide bonds. The Bertz CT molecular complexity index is 509. The summed E-state index contributed by atoms with van der Waals surface area (Å²) in [4.78, 5) is 24.2. The van der Waals surface area contributed by atoms with Crippen molar-refractivity contribution in [3.05, 3.63) is 0 Å². The van der Waals surface area contributed by atoms with Gasteiger partial charge in [-0.2, -0.15) is 0 Å². The van der Waals surface area contributed by atoms with Gasteiger partial charge in [-0.15, -0.1) is 12.4 Å². The fourth-order valence-corrected chi connectivity index (χ4v) is 3.83. The monoisotopic (exact) mass is 508 g/mol. The summed E-state index contributed by atoms with van der Waals surface area (Å²) in [5.41, 5.74) is 10.1. The molecular weight excluding hydrogens is 456 g/mol. The molecule has 0 fully saturated rings. The first-order valence-electron chi connectivity index (χ1n) is 13.3. The Hall–Kier alpha value is -0.730. The van der Waals surface area contributed by atoms with Crippen molar-refractivity contribution < 1.29 is 24.5 Å². The molecule has 204 valence electrons. The first-order valence-corrected chi connectivity index (χ1v) is 13.3. The zero-order valence-electron chi connectivity index (χ0n) is 21.9. The molecule has 0 aliphatic rings. The van der Waals surface area contributed by atoms with Crippen molar-refractivity contribution in [2.24, 2.45) is 11.5 Å². The van der Waals surface area contributed by atoms with E-state index in [1.54, 1.807) is 0 Å². The number of carbonyl (C=O) groups is 2. The van der Waals surface area contributed by atoms with Gasteiger partial charge in [0.1, 0.15) is 12.1 Å². The van der Waals surface area contributed by atoms with E-state index in [2.05, 4.69) is 6.92 Å². The predicted molar refractivity (Wildman–Crippen MR) is 141 cm³/mol. The Morgan fingerprint density at radius 2 is 1.12 bits per heavy atom. The molecule has 0 rings (SSSR count). The largest absolute Gasteiger partial charge is 0.462 e. The van der Waals surface area contributed by atoms with Crippen LogP contribution in [0.3, 0.4) is 0 Å². The molecule has 0 heterocycles. The second kappa shape index (κ2) is 21.5. The van der Waals surface area contributed by atoms with E-state index in [0.717, 1.165) is 12.8 Å². The summed E-state index contributed by atoms with van der Waals surface area (Å²) in [5.74, 6) is -1.23. The van der Waals surface area contributed by atoms with Crippen LogP contribution in [0.2, 0.25) is 0 Å². The Labute approximate surface area is 214 Å². The van der Waals surface area contributed by atoms with Gasteiger partial charge in [0.15, 0.2) is 11.8 Å². The molecule has 0 aromatic carbocycles. The van der Waals surface area contributed by atoms with Crippen molar-refractivity contribution >= 4 is 24.2 Å². The summed E-state index contributed by atoms with van der Waals surface area (Å²) in [6.07, 6.45) is 16.7. The number of aliphatic hydroxyl groups is 2. The van der Waals surface area contributed by atoms with E-state index in [0.29, 0.717) is 6.42 Å². The number of nitrogens with two attached hydrogens (primary N) is 2. The van der Waals surface area contributed by atoms with Crippen LogP contribution in [-0.2, 0) is 14.3 Å². The Morgan fingerprint density at radius 3 is 1.47 bits per heavy atom. The molecule has 0 spiro atoms. The highest BCUT2D eigenvalue weighted by molar-refractivity contribution is 6.02. The predicted octanol–water partition coefficient (Wildman–Crippen LogP) is 4.57. The van der Waals surface area contributed by atoms with Crippen molar-refractivity contribution in [1.82, 2.24) is 0 Å². The maximum Gasteiger partial charge on any atom is 0.330 e. The molecule has 0 bridgehead atoms. The quantitative estimate of drug-likeness (QED) is 0.0954. The van der Waals surface area contributed by atoms with Gasteiger partial charge < -0.3 is 26.4 Å². The highest BCUT2D eigenvalue weighted by Crippen LogP contribution is 2.15. The summed E-state index contributed by atoms with van der Waals surface area (Å²) in [6.45, 7) is 4.65. The van der Waals surface area contributed by atoms with Gasteiger partial charge in [-0.25, -0.2) is 4.79 Å². The van der Waals surface area contributed by atoms with Gasteiger partial charge in [-0.05, 0) is 20.3 Å². The number of esters is 1. The number of aliphatic hydroxyl groups excluding tert-OH is 2. The highest BCUT2D eigenvalue weighted by Gasteiger charge is 2.38. The van der Waals surface area contributed by atoms with Gasteiger partial charge >= 0.3 is 5.97 Å². The van der Waals surface area contributed by atoms with Crippen LogP contribution in [-0.4, -0.2) is 52.4 Å². The molecule has 0 radical (unpaired) electrons. The highest BCUT2D eigenvalue weighted by atomic mass is 35.5. The van der Waals surface area contributed by atoms with Crippen LogP contribution in [0.4, 0.5) is 0 Å². The van der Waals surface area contributed by atoms with Crippen LogP contribution < -0.4 is 11.5 Å². The molecular formula is C26H53ClN2O5. The van der Waals surface area contributed by atoms with Crippen LogP contribution in [0.5, 0.6) is 0 Å². The van der Waals surface area contributed by atoms with Crippen LogP contribution in [0.15, 0.2) is 0 Å². The standard InChI is InChI=1S/C26H52N2O5.ClH/c1-4-5-6-7-8-9-10-11-12-13-14-15-16-17-18-19-23(31)24(27)25(32)33-20-26(28,21(2)29)22(3)30;/h21-22,24,29-30H,4-20,27-28H2,1-3H3;1H. The molecule has 34 heavy (non-hydrogen) atoms. The minimum atomic E-state index is -1.51. The molecule has 7 nitrogen and oxygen atoms in total. The van der Waals surface area contributed by atoms with E-state index < -0.39 is 36.4 Å². The van der Waals surface area contributed by atoms with Crippen LogP contribution >= 0.6 is 12.4 Å². The normalized spacial score (nSPS) is 15.6. The molecule has 8 heteroatoms. The molecule has 3 atom stereocenters. The lowest BCUT2D eigenvalue weighted by Crippen LogP contribution is -2.61. The van der Waals surface area contributed by atoms with E-state index in [1.807, 2.05) is 0 Å². The second-order valence-corrected chi connectivity index (χ2v) is 9.72. The van der Waals surface area contributed by atoms with Gasteiger partial charge in [-0.1, -0.05) is 96.8 Å². The van der Waals surface area contributed by atoms with Crippen molar-refractivity contribution in [2.75, 3.05) is 6.61 Å². The maximum atomic E-state index is 12.2. The number of hydrogen-bond acceptors (Lipinski definition) is 7. The molecule has 6 N–H and O–H groups in total. The third-order valence-electron chi connectivity index (χ3n) is 6.65. The fourth-order valence-electron chi connectivity index (χ4n) is 3.83. The van der Waals surface area contributed by atoms with Crippen molar-refractivity contribution in [2.45, 2.75) is 147 Å². The molecule has 0 aromatic heterocycles. The minimum absolute atomic E-state index is 0. The lowest BCUT2D eigenvalue weighted by atomic mass is 9.90. The third kappa shape index (κ3) is 16.0. The van der Waals surface area contributed by atoms with E-state index >= 15 is 0 Å². The van der Waals surface area contributed by atoms with E-state index in [1.165, 1.54) is 90.9 Å². The minimum Gasteiger partial charge on any atom is -0.462 e. The second-order valence-electron chi connectivity index (χ2n) is 9.72. The van der Waals surface area contributed by atoms with Crippen LogP contribution in [0, 0.1) is 0 Å². The average molecular weight is 509 g/mol. The van der Waals surface area contributed by atoms with Gasteiger partial charge in [-0.3, -0.25) is 4.79 Å². The van der Waals surface area contributed by atoms with Gasteiger partial charge in [0.25, 0.3) is 0 Å². The van der Waals surface area contributed by atoms with Crippen LogP contribution in [0.1, 0.15) is 124 Å².